The minimum atomic E-state index is 0.352. The third-order valence-electron chi connectivity index (χ3n) is 5.36. The number of rotatable bonds is 4. The van der Waals surface area contributed by atoms with Gasteiger partial charge < -0.3 is 8.98 Å². The second-order valence-electron chi connectivity index (χ2n) is 7.03. The van der Waals surface area contributed by atoms with Gasteiger partial charge in [0.15, 0.2) is 0 Å². The predicted octanol–water partition coefficient (Wildman–Crippen LogP) is 6.48. The molecule has 0 aliphatic heterocycles. The van der Waals surface area contributed by atoms with E-state index in [0.717, 1.165) is 38.3 Å². The lowest BCUT2D eigenvalue weighted by Crippen LogP contribution is -2.02. The highest BCUT2D eigenvalue weighted by Crippen LogP contribution is 2.30. The summed E-state index contributed by atoms with van der Waals surface area (Å²) in [5.74, 6) is 1.07. The Labute approximate surface area is 174 Å². The summed E-state index contributed by atoms with van der Waals surface area (Å²) in [5.41, 5.74) is 5.56. The van der Waals surface area contributed by atoms with Crippen molar-refractivity contribution in [2.45, 2.75) is 27.3 Å². The first-order chi connectivity index (χ1) is 14.0. The van der Waals surface area contributed by atoms with Crippen LogP contribution in [-0.4, -0.2) is 10.8 Å². The second-order valence-corrected chi connectivity index (χ2v) is 7.43. The number of nitriles is 1. The summed E-state index contributed by atoms with van der Waals surface area (Å²) in [6.07, 6.45) is 1.79. The van der Waals surface area contributed by atoms with Gasteiger partial charge in [-0.15, -0.1) is 0 Å². The maximum absolute atomic E-state index is 9.43. The summed E-state index contributed by atoms with van der Waals surface area (Å²) in [5, 5.41) is 11.3. The zero-order valence-electron chi connectivity index (χ0n) is 16.5. The standard InChI is InChI=1S/C24H20ClN3O/c1-15-17(3)29-24(20(15)12-26)27-13-21-16(2)28(23-11-7-5-9-19(21)23)14-18-8-4-6-10-22(18)25/h4-11,13H,14H2,1-3H3. The molecule has 0 amide bonds. The Kier molecular flexibility index (Phi) is 5.00. The fraction of sp³-hybridized carbons (Fsp3) is 0.167. The Morgan fingerprint density at radius 1 is 1.10 bits per heavy atom. The average molecular weight is 402 g/mol. The number of halogens is 1. The molecular formula is C24H20ClN3O. The summed E-state index contributed by atoms with van der Waals surface area (Å²) in [6, 6.07) is 18.3. The lowest BCUT2D eigenvalue weighted by Gasteiger charge is -2.10. The molecule has 0 saturated heterocycles. The molecular weight excluding hydrogens is 382 g/mol. The Hall–Kier alpha value is -3.29. The van der Waals surface area contributed by atoms with Crippen molar-refractivity contribution in [3.05, 3.63) is 87.3 Å². The summed E-state index contributed by atoms with van der Waals surface area (Å²) >= 11 is 6.39. The van der Waals surface area contributed by atoms with Gasteiger partial charge in [-0.25, -0.2) is 4.99 Å². The van der Waals surface area contributed by atoms with Gasteiger partial charge in [-0.3, -0.25) is 0 Å². The summed E-state index contributed by atoms with van der Waals surface area (Å²) in [7, 11) is 0. The van der Waals surface area contributed by atoms with Gasteiger partial charge in [0.05, 0.1) is 0 Å². The lowest BCUT2D eigenvalue weighted by molar-refractivity contribution is 0.542. The third-order valence-corrected chi connectivity index (χ3v) is 5.72. The average Bonchev–Trinajstić information content (AvgIpc) is 3.15. The van der Waals surface area contributed by atoms with Crippen LogP contribution in [0.4, 0.5) is 5.88 Å². The normalized spacial score (nSPS) is 11.4. The fourth-order valence-corrected chi connectivity index (χ4v) is 3.77. The molecule has 4 aromatic rings. The van der Waals surface area contributed by atoms with Crippen LogP contribution in [0.5, 0.6) is 0 Å². The number of para-hydroxylation sites is 1. The second kappa shape index (κ2) is 7.62. The van der Waals surface area contributed by atoms with E-state index < -0.39 is 0 Å². The van der Waals surface area contributed by atoms with Crippen molar-refractivity contribution in [1.82, 2.24) is 4.57 Å². The summed E-state index contributed by atoms with van der Waals surface area (Å²) < 4.78 is 7.92. The quantitative estimate of drug-likeness (QED) is 0.367. The molecule has 0 aliphatic carbocycles. The first-order valence-electron chi connectivity index (χ1n) is 9.36. The number of aryl methyl sites for hydroxylation is 1. The van der Waals surface area contributed by atoms with E-state index in [0.29, 0.717) is 23.8 Å². The minimum absolute atomic E-state index is 0.352. The van der Waals surface area contributed by atoms with Gasteiger partial charge >= 0.3 is 0 Å². The molecule has 0 fully saturated rings. The summed E-state index contributed by atoms with van der Waals surface area (Å²) in [6.45, 7) is 6.46. The van der Waals surface area contributed by atoms with Crippen LogP contribution in [0.15, 0.2) is 57.9 Å². The molecule has 0 unspecified atom stereocenters. The first kappa shape index (κ1) is 19.0. The molecule has 0 atom stereocenters. The van der Waals surface area contributed by atoms with Gasteiger partial charge in [0.2, 0.25) is 5.88 Å². The topological polar surface area (TPSA) is 54.2 Å². The van der Waals surface area contributed by atoms with Crippen molar-refractivity contribution >= 4 is 34.6 Å². The number of furan rings is 1. The largest absolute Gasteiger partial charge is 0.442 e. The summed E-state index contributed by atoms with van der Waals surface area (Å²) in [4.78, 5) is 4.52. The first-order valence-corrected chi connectivity index (χ1v) is 9.74. The number of benzene rings is 2. The van der Waals surface area contributed by atoms with Gasteiger partial charge in [0.25, 0.3) is 0 Å². The van der Waals surface area contributed by atoms with Gasteiger partial charge in [0.1, 0.15) is 17.4 Å². The Bertz CT molecular complexity index is 1290. The van der Waals surface area contributed by atoms with Crippen LogP contribution in [0, 0.1) is 32.1 Å². The zero-order chi connectivity index (χ0) is 20.5. The SMILES string of the molecule is Cc1oc(N=Cc2c(C)n(Cc3ccccc3Cl)c3ccccc23)c(C#N)c1C. The van der Waals surface area contributed by atoms with E-state index in [1.807, 2.05) is 50.2 Å². The molecule has 2 heterocycles. The van der Waals surface area contributed by atoms with Crippen LogP contribution in [0.1, 0.15) is 33.7 Å². The minimum Gasteiger partial charge on any atom is -0.442 e. The van der Waals surface area contributed by atoms with Gasteiger partial charge in [0, 0.05) is 45.5 Å². The third kappa shape index (κ3) is 3.35. The molecule has 144 valence electrons. The number of nitrogens with zero attached hydrogens (tertiary/aromatic N) is 3. The molecule has 0 aliphatic rings. The van der Waals surface area contributed by atoms with Crippen LogP contribution < -0.4 is 0 Å². The van der Waals surface area contributed by atoms with Crippen LogP contribution in [0.25, 0.3) is 10.9 Å². The maximum atomic E-state index is 9.43. The maximum Gasteiger partial charge on any atom is 0.237 e. The molecule has 4 nitrogen and oxygen atoms in total. The van der Waals surface area contributed by atoms with Crippen molar-refractivity contribution < 1.29 is 4.42 Å². The highest BCUT2D eigenvalue weighted by Gasteiger charge is 2.16. The van der Waals surface area contributed by atoms with Crippen molar-refractivity contribution in [3.8, 4) is 6.07 Å². The molecule has 0 saturated carbocycles. The Morgan fingerprint density at radius 3 is 2.59 bits per heavy atom. The van der Waals surface area contributed by atoms with Crippen LogP contribution in [-0.2, 0) is 6.54 Å². The van der Waals surface area contributed by atoms with E-state index in [4.69, 9.17) is 16.0 Å². The molecule has 0 spiro atoms. The van der Waals surface area contributed by atoms with Crippen molar-refractivity contribution in [1.29, 1.82) is 5.26 Å². The molecule has 0 radical (unpaired) electrons. The van der Waals surface area contributed by atoms with E-state index in [1.165, 1.54) is 0 Å². The lowest BCUT2D eigenvalue weighted by atomic mass is 10.1. The van der Waals surface area contributed by atoms with Crippen LogP contribution in [0.2, 0.25) is 5.02 Å². The van der Waals surface area contributed by atoms with Crippen LogP contribution >= 0.6 is 11.6 Å². The van der Waals surface area contributed by atoms with Gasteiger partial charge in [-0.1, -0.05) is 48.0 Å². The zero-order valence-corrected chi connectivity index (χ0v) is 17.3. The van der Waals surface area contributed by atoms with E-state index in [1.54, 1.807) is 6.21 Å². The van der Waals surface area contributed by atoms with E-state index in [2.05, 4.69) is 34.7 Å². The fourth-order valence-electron chi connectivity index (χ4n) is 3.58. The number of fused-ring (bicyclic) bond motifs is 1. The monoisotopic (exact) mass is 401 g/mol. The van der Waals surface area contributed by atoms with E-state index in [9.17, 15) is 5.26 Å². The van der Waals surface area contributed by atoms with Crippen LogP contribution in [0.3, 0.4) is 0 Å². The molecule has 5 heteroatoms. The highest BCUT2D eigenvalue weighted by atomic mass is 35.5. The Balaban J connectivity index is 1.82. The molecule has 2 aromatic carbocycles. The number of hydrogen-bond acceptors (Lipinski definition) is 3. The van der Waals surface area contributed by atoms with Crippen molar-refractivity contribution in [2.24, 2.45) is 4.99 Å². The number of aliphatic imine (C=N–C) groups is 1. The number of aromatic nitrogens is 1. The predicted molar refractivity (Wildman–Crippen MR) is 117 cm³/mol. The highest BCUT2D eigenvalue weighted by molar-refractivity contribution is 6.31. The smallest absolute Gasteiger partial charge is 0.237 e. The van der Waals surface area contributed by atoms with Crippen molar-refractivity contribution in [3.63, 3.8) is 0 Å². The molecule has 4 rings (SSSR count). The Morgan fingerprint density at radius 2 is 1.83 bits per heavy atom. The molecule has 0 bridgehead atoms. The van der Waals surface area contributed by atoms with E-state index in [-0.39, 0.29) is 0 Å². The molecule has 0 N–H and O–H groups in total. The van der Waals surface area contributed by atoms with Gasteiger partial charge in [-0.2, -0.15) is 5.26 Å². The van der Waals surface area contributed by atoms with E-state index >= 15 is 0 Å². The number of hydrogen-bond donors (Lipinski definition) is 0. The molecule has 2 aromatic heterocycles. The van der Waals surface area contributed by atoms with Crippen molar-refractivity contribution in [2.75, 3.05) is 0 Å². The van der Waals surface area contributed by atoms with Gasteiger partial charge in [-0.05, 0) is 38.5 Å². The molecule has 29 heavy (non-hydrogen) atoms.